The van der Waals surface area contributed by atoms with Gasteiger partial charge in [0.1, 0.15) is 11.1 Å². The smallest absolute Gasteiger partial charge is 0.411 e. The van der Waals surface area contributed by atoms with Crippen LogP contribution in [-0.2, 0) is 4.74 Å². The maximum Gasteiger partial charge on any atom is 0.411 e. The van der Waals surface area contributed by atoms with Crippen molar-refractivity contribution in [2.24, 2.45) is 0 Å². The van der Waals surface area contributed by atoms with Crippen LogP contribution in [0.3, 0.4) is 0 Å². The van der Waals surface area contributed by atoms with Crippen molar-refractivity contribution in [2.75, 3.05) is 5.32 Å². The summed E-state index contributed by atoms with van der Waals surface area (Å²) in [5, 5.41) is 4.10. The number of benzene rings is 1. The molecule has 25 heavy (non-hydrogen) atoms. The monoisotopic (exact) mass is 374 g/mol. The van der Waals surface area contributed by atoms with Gasteiger partial charge in [0.15, 0.2) is 0 Å². The molecule has 1 aliphatic rings. The highest BCUT2D eigenvalue weighted by atomic mass is 33.1. The van der Waals surface area contributed by atoms with Crippen LogP contribution in [0.2, 0.25) is 0 Å². The molecular formula is C19H22N2O2S2. The van der Waals surface area contributed by atoms with Gasteiger partial charge in [-0.2, -0.15) is 0 Å². The number of carbonyl (C=O) groups is 1. The Kier molecular flexibility index (Phi) is 6.64. The molecule has 1 fully saturated rings. The third kappa shape index (κ3) is 5.68. The Labute approximate surface area is 156 Å². The molecule has 1 aromatic heterocycles. The fourth-order valence-electron chi connectivity index (χ4n) is 2.74. The highest BCUT2D eigenvalue weighted by Crippen LogP contribution is 2.40. The molecule has 0 bridgehead atoms. The number of rotatable bonds is 5. The molecule has 0 saturated heterocycles. The van der Waals surface area contributed by atoms with Crippen molar-refractivity contribution in [3.05, 3.63) is 54.2 Å². The number of nitrogens with one attached hydrogen (secondary N) is 1. The number of aryl methyl sites for hydroxylation is 1. The molecule has 6 heteroatoms. The van der Waals surface area contributed by atoms with E-state index in [9.17, 15) is 4.79 Å². The summed E-state index contributed by atoms with van der Waals surface area (Å²) in [5.41, 5.74) is 1.92. The summed E-state index contributed by atoms with van der Waals surface area (Å²) in [6.45, 7) is 2.02. The van der Waals surface area contributed by atoms with Gasteiger partial charge < -0.3 is 4.74 Å². The summed E-state index contributed by atoms with van der Waals surface area (Å²) in [5.74, 6) is 0. The molecule has 0 spiro atoms. The SMILES string of the molecule is Cc1ccc(NC(=O)O[C@H]2CCCC[C@@H]2SSc2ccccn2)cc1. The molecule has 0 radical (unpaired) electrons. The van der Waals surface area contributed by atoms with E-state index in [2.05, 4.69) is 10.3 Å². The summed E-state index contributed by atoms with van der Waals surface area (Å²) in [7, 11) is 3.42. The van der Waals surface area contributed by atoms with Gasteiger partial charge in [0.25, 0.3) is 0 Å². The van der Waals surface area contributed by atoms with Crippen LogP contribution in [0, 0.1) is 6.92 Å². The largest absolute Gasteiger partial charge is 0.445 e. The van der Waals surface area contributed by atoms with Crippen LogP contribution in [-0.4, -0.2) is 22.4 Å². The van der Waals surface area contributed by atoms with Gasteiger partial charge in [-0.15, -0.1) is 0 Å². The van der Waals surface area contributed by atoms with Crippen LogP contribution in [0.15, 0.2) is 53.7 Å². The average Bonchev–Trinajstić information content (AvgIpc) is 2.64. The normalized spacial score (nSPS) is 20.0. The van der Waals surface area contributed by atoms with E-state index in [1.165, 1.54) is 6.42 Å². The zero-order valence-corrected chi connectivity index (χ0v) is 15.8. The number of pyridine rings is 1. The zero-order chi connectivity index (χ0) is 17.5. The van der Waals surface area contributed by atoms with Gasteiger partial charge >= 0.3 is 6.09 Å². The lowest BCUT2D eigenvalue weighted by atomic mass is 9.97. The standard InChI is InChI=1S/C19H22N2O2S2/c1-14-9-11-15(12-10-14)21-19(22)23-16-6-2-3-7-17(16)24-25-18-8-4-5-13-20-18/h4-5,8-13,16-17H,2-3,6-7H2,1H3,(H,21,22)/t16-,17-/m0/s1. The lowest BCUT2D eigenvalue weighted by Gasteiger charge is -2.30. The Morgan fingerprint density at radius 1 is 1.16 bits per heavy atom. The van der Waals surface area contributed by atoms with Crippen molar-refractivity contribution in [1.82, 2.24) is 4.98 Å². The van der Waals surface area contributed by atoms with Gasteiger partial charge in [-0.25, -0.2) is 9.78 Å². The molecular weight excluding hydrogens is 352 g/mol. The van der Waals surface area contributed by atoms with E-state index >= 15 is 0 Å². The number of nitrogens with zero attached hydrogens (tertiary/aromatic N) is 1. The van der Waals surface area contributed by atoms with Crippen LogP contribution < -0.4 is 5.32 Å². The Morgan fingerprint density at radius 2 is 1.96 bits per heavy atom. The number of hydrogen-bond acceptors (Lipinski definition) is 5. The summed E-state index contributed by atoms with van der Waals surface area (Å²) in [6, 6.07) is 13.6. The van der Waals surface area contributed by atoms with E-state index in [1.54, 1.807) is 27.8 Å². The zero-order valence-electron chi connectivity index (χ0n) is 14.2. The van der Waals surface area contributed by atoms with Crippen LogP contribution >= 0.6 is 21.6 Å². The second-order valence-corrected chi connectivity index (χ2v) is 8.57. The minimum atomic E-state index is -0.371. The molecule has 1 aliphatic carbocycles. The predicted octanol–water partition coefficient (Wildman–Crippen LogP) is 5.69. The highest BCUT2D eigenvalue weighted by molar-refractivity contribution is 8.76. The first-order valence-corrected chi connectivity index (χ1v) is 10.7. The molecule has 3 rings (SSSR count). The quantitative estimate of drug-likeness (QED) is 0.681. The van der Waals surface area contributed by atoms with Crippen molar-refractivity contribution < 1.29 is 9.53 Å². The number of carbonyl (C=O) groups excluding carboxylic acids is 1. The number of amides is 1. The topological polar surface area (TPSA) is 51.2 Å². The van der Waals surface area contributed by atoms with E-state index in [4.69, 9.17) is 4.74 Å². The van der Waals surface area contributed by atoms with E-state index in [0.29, 0.717) is 5.25 Å². The van der Waals surface area contributed by atoms with Crippen molar-refractivity contribution in [1.29, 1.82) is 0 Å². The Bertz CT molecular complexity index is 680. The fraction of sp³-hybridized carbons (Fsp3) is 0.368. The van der Waals surface area contributed by atoms with Crippen molar-refractivity contribution in [3.63, 3.8) is 0 Å². The van der Waals surface area contributed by atoms with E-state index in [0.717, 1.165) is 35.5 Å². The summed E-state index contributed by atoms with van der Waals surface area (Å²) < 4.78 is 5.72. The first-order chi connectivity index (χ1) is 12.2. The molecule has 0 unspecified atom stereocenters. The maximum atomic E-state index is 12.2. The first-order valence-electron chi connectivity index (χ1n) is 8.49. The van der Waals surface area contributed by atoms with E-state index in [-0.39, 0.29) is 12.2 Å². The third-order valence-corrected chi connectivity index (χ3v) is 6.93. The summed E-state index contributed by atoms with van der Waals surface area (Å²) >= 11 is 0. The molecule has 2 aromatic rings. The highest BCUT2D eigenvalue weighted by Gasteiger charge is 2.29. The third-order valence-electron chi connectivity index (χ3n) is 4.09. The second kappa shape index (κ2) is 9.15. The van der Waals surface area contributed by atoms with Gasteiger partial charge in [-0.05, 0) is 61.2 Å². The fourth-order valence-corrected chi connectivity index (χ4v) is 5.40. The Morgan fingerprint density at radius 3 is 2.72 bits per heavy atom. The Hall–Kier alpha value is -1.66. The lowest BCUT2D eigenvalue weighted by molar-refractivity contribution is 0.0909. The van der Waals surface area contributed by atoms with Crippen molar-refractivity contribution in [2.45, 2.75) is 49.0 Å². The minimum absolute atomic E-state index is 0.0552. The number of hydrogen-bond donors (Lipinski definition) is 1. The lowest BCUT2D eigenvalue weighted by Crippen LogP contribution is -2.33. The molecule has 1 N–H and O–H groups in total. The van der Waals surface area contributed by atoms with Crippen LogP contribution in [0.25, 0.3) is 0 Å². The number of ether oxygens (including phenoxy) is 1. The van der Waals surface area contributed by atoms with E-state index < -0.39 is 0 Å². The van der Waals surface area contributed by atoms with Gasteiger partial charge in [-0.3, -0.25) is 5.32 Å². The molecule has 1 saturated carbocycles. The molecule has 1 amide bonds. The van der Waals surface area contributed by atoms with Crippen LogP contribution in [0.1, 0.15) is 31.2 Å². The van der Waals surface area contributed by atoms with Crippen molar-refractivity contribution in [3.8, 4) is 0 Å². The van der Waals surface area contributed by atoms with Gasteiger partial charge in [0.2, 0.25) is 0 Å². The second-order valence-electron chi connectivity index (χ2n) is 6.11. The summed E-state index contributed by atoms with van der Waals surface area (Å²) in [6.07, 6.45) is 5.64. The molecule has 2 atom stereocenters. The Balaban J connectivity index is 1.53. The molecule has 4 nitrogen and oxygen atoms in total. The van der Waals surface area contributed by atoms with Gasteiger partial charge in [0, 0.05) is 11.9 Å². The molecule has 0 aliphatic heterocycles. The number of aromatic nitrogens is 1. The summed E-state index contributed by atoms with van der Waals surface area (Å²) in [4.78, 5) is 16.6. The van der Waals surface area contributed by atoms with Gasteiger partial charge in [-0.1, -0.05) is 41.0 Å². The van der Waals surface area contributed by atoms with Crippen molar-refractivity contribution >= 4 is 33.4 Å². The van der Waals surface area contributed by atoms with Gasteiger partial charge in [0.05, 0.1) is 5.25 Å². The molecule has 1 aromatic carbocycles. The minimum Gasteiger partial charge on any atom is -0.445 e. The number of anilines is 1. The average molecular weight is 375 g/mol. The first kappa shape index (κ1) is 18.1. The van der Waals surface area contributed by atoms with Crippen LogP contribution in [0.5, 0.6) is 0 Å². The predicted molar refractivity (Wildman–Crippen MR) is 105 cm³/mol. The maximum absolute atomic E-state index is 12.2. The van der Waals surface area contributed by atoms with E-state index in [1.807, 2.05) is 49.4 Å². The van der Waals surface area contributed by atoms with Crippen LogP contribution in [0.4, 0.5) is 10.5 Å². The molecule has 132 valence electrons. The molecule has 1 heterocycles.